The third-order valence-corrected chi connectivity index (χ3v) is 7.83. The van der Waals surface area contributed by atoms with Crippen molar-refractivity contribution < 1.29 is 9.59 Å². The van der Waals surface area contributed by atoms with Gasteiger partial charge in [-0.3, -0.25) is 14.5 Å². The number of amides is 2. The van der Waals surface area contributed by atoms with E-state index in [0.29, 0.717) is 11.9 Å². The highest BCUT2D eigenvalue weighted by Crippen LogP contribution is 2.31. The van der Waals surface area contributed by atoms with E-state index in [-0.39, 0.29) is 11.8 Å². The Bertz CT molecular complexity index is 1150. The highest BCUT2D eigenvalue weighted by Gasteiger charge is 2.36. The first-order chi connectivity index (χ1) is 16.6. The molecule has 3 aromatic rings. The second-order valence-corrected chi connectivity index (χ2v) is 9.73. The number of carbonyl (C=O) groups is 2. The number of benzene rings is 3. The Balaban J connectivity index is 1.36. The van der Waals surface area contributed by atoms with Crippen LogP contribution in [0.2, 0.25) is 0 Å². The van der Waals surface area contributed by atoms with Crippen LogP contribution in [-0.2, 0) is 4.79 Å². The van der Waals surface area contributed by atoms with Crippen LogP contribution in [0.4, 0.5) is 0 Å². The molecule has 2 heterocycles. The first-order valence-corrected chi connectivity index (χ1v) is 12.8. The zero-order valence-electron chi connectivity index (χ0n) is 20.4. The molecule has 0 bridgehead atoms. The van der Waals surface area contributed by atoms with Crippen LogP contribution < -0.4 is 0 Å². The maximum absolute atomic E-state index is 13.9. The lowest BCUT2D eigenvalue weighted by Gasteiger charge is -2.37. The largest absolute Gasteiger partial charge is 0.343 e. The molecule has 0 aromatic heterocycles. The van der Waals surface area contributed by atoms with E-state index in [9.17, 15) is 9.59 Å². The predicted octanol–water partition coefficient (Wildman–Crippen LogP) is 4.79. The van der Waals surface area contributed by atoms with Crippen LogP contribution in [0, 0.1) is 5.92 Å². The molecule has 0 spiro atoms. The summed E-state index contributed by atoms with van der Waals surface area (Å²) in [4.78, 5) is 33.3. The standard InChI is InChI=1S/C29H35N3O2/c1-3-30(4-2)28(33)23-12-9-16-31(19-23)24-15-17-32(20-24)29(34)27-25-13-7-5-10-21(25)18-22-11-6-8-14-26(22)27/h5-8,10-11,13-14,18,23-24H,3-4,9,12,15-17,19-20H2,1-2H3/t23-,24?/m1/s1. The van der Waals surface area contributed by atoms with Crippen LogP contribution in [0.25, 0.3) is 21.5 Å². The normalized spacial score (nSPS) is 21.3. The molecule has 5 rings (SSSR count). The number of piperidine rings is 1. The zero-order valence-corrected chi connectivity index (χ0v) is 20.4. The molecule has 2 aliphatic heterocycles. The van der Waals surface area contributed by atoms with Crippen LogP contribution in [0.15, 0.2) is 54.6 Å². The van der Waals surface area contributed by atoms with E-state index in [1.54, 1.807) is 0 Å². The topological polar surface area (TPSA) is 43.9 Å². The molecule has 1 unspecified atom stereocenters. The van der Waals surface area contributed by atoms with E-state index in [1.165, 1.54) is 0 Å². The fourth-order valence-electron chi connectivity index (χ4n) is 5.96. The van der Waals surface area contributed by atoms with Gasteiger partial charge in [0.15, 0.2) is 0 Å². The van der Waals surface area contributed by atoms with Crippen molar-refractivity contribution in [2.45, 2.75) is 39.2 Å². The van der Waals surface area contributed by atoms with E-state index < -0.39 is 0 Å². The van der Waals surface area contributed by atoms with Gasteiger partial charge in [0, 0.05) is 38.8 Å². The molecule has 0 N–H and O–H groups in total. The van der Waals surface area contributed by atoms with E-state index in [0.717, 1.165) is 85.6 Å². The third kappa shape index (κ3) is 4.18. The Morgan fingerprint density at radius 2 is 1.53 bits per heavy atom. The maximum Gasteiger partial charge on any atom is 0.255 e. The second-order valence-electron chi connectivity index (χ2n) is 9.73. The molecular formula is C29H35N3O2. The minimum Gasteiger partial charge on any atom is -0.343 e. The van der Waals surface area contributed by atoms with Crippen LogP contribution in [0.1, 0.15) is 43.5 Å². The van der Waals surface area contributed by atoms with Gasteiger partial charge >= 0.3 is 0 Å². The highest BCUT2D eigenvalue weighted by atomic mass is 16.2. The van der Waals surface area contributed by atoms with Gasteiger partial charge in [0.25, 0.3) is 5.91 Å². The van der Waals surface area contributed by atoms with Gasteiger partial charge in [-0.15, -0.1) is 0 Å². The Morgan fingerprint density at radius 1 is 0.882 bits per heavy atom. The monoisotopic (exact) mass is 457 g/mol. The fraction of sp³-hybridized carbons (Fsp3) is 0.448. The highest BCUT2D eigenvalue weighted by molar-refractivity contribution is 6.18. The second kappa shape index (κ2) is 9.75. The molecule has 0 radical (unpaired) electrons. The van der Waals surface area contributed by atoms with Crippen molar-refractivity contribution in [3.8, 4) is 0 Å². The molecule has 0 aliphatic carbocycles. The summed E-state index contributed by atoms with van der Waals surface area (Å²) in [5, 5.41) is 4.26. The summed E-state index contributed by atoms with van der Waals surface area (Å²) in [7, 11) is 0. The van der Waals surface area contributed by atoms with Gasteiger partial charge in [0.1, 0.15) is 0 Å². The number of hydrogen-bond acceptors (Lipinski definition) is 3. The van der Waals surface area contributed by atoms with Crippen molar-refractivity contribution in [3.05, 3.63) is 60.2 Å². The van der Waals surface area contributed by atoms with Gasteiger partial charge in [-0.1, -0.05) is 48.5 Å². The van der Waals surface area contributed by atoms with Gasteiger partial charge in [-0.05, 0) is 67.3 Å². The van der Waals surface area contributed by atoms with E-state index in [1.807, 2.05) is 34.1 Å². The molecule has 0 saturated carbocycles. The summed E-state index contributed by atoms with van der Waals surface area (Å²) in [6.45, 7) is 9.01. The molecule has 2 atom stereocenters. The molecule has 5 heteroatoms. The SMILES string of the molecule is CCN(CC)C(=O)[C@@H]1CCCN(C2CCN(C(=O)c3c4ccccc4cc4ccccc34)C2)C1. The predicted molar refractivity (Wildman–Crippen MR) is 138 cm³/mol. The average Bonchev–Trinajstić information content (AvgIpc) is 3.38. The van der Waals surface area contributed by atoms with E-state index in [4.69, 9.17) is 0 Å². The molecule has 34 heavy (non-hydrogen) atoms. The van der Waals surface area contributed by atoms with Crippen LogP contribution in [-0.4, -0.2) is 71.8 Å². The number of likely N-dealkylation sites (tertiary alicyclic amines) is 2. The summed E-state index contributed by atoms with van der Waals surface area (Å²) < 4.78 is 0. The van der Waals surface area contributed by atoms with Crippen molar-refractivity contribution in [1.29, 1.82) is 0 Å². The smallest absolute Gasteiger partial charge is 0.255 e. The van der Waals surface area contributed by atoms with E-state index >= 15 is 0 Å². The molecule has 178 valence electrons. The van der Waals surface area contributed by atoms with Gasteiger partial charge in [0.05, 0.1) is 11.5 Å². The number of fused-ring (bicyclic) bond motifs is 2. The summed E-state index contributed by atoms with van der Waals surface area (Å²) in [5.41, 5.74) is 0.822. The van der Waals surface area contributed by atoms with Crippen LogP contribution in [0.3, 0.4) is 0 Å². The van der Waals surface area contributed by atoms with Gasteiger partial charge in [-0.2, -0.15) is 0 Å². The van der Waals surface area contributed by atoms with Crippen molar-refractivity contribution in [2.24, 2.45) is 5.92 Å². The van der Waals surface area contributed by atoms with Crippen LogP contribution >= 0.6 is 0 Å². The Labute approximate surface area is 202 Å². The minimum absolute atomic E-state index is 0.0837. The van der Waals surface area contributed by atoms with Crippen LogP contribution in [0.5, 0.6) is 0 Å². The molecule has 3 aromatic carbocycles. The fourth-order valence-corrected chi connectivity index (χ4v) is 5.96. The number of nitrogens with zero attached hydrogens (tertiary/aromatic N) is 3. The number of rotatable bonds is 5. The lowest BCUT2D eigenvalue weighted by atomic mass is 9.95. The Hall–Kier alpha value is -2.92. The molecule has 2 amide bonds. The average molecular weight is 458 g/mol. The zero-order chi connectivity index (χ0) is 23.7. The van der Waals surface area contributed by atoms with Crippen molar-refractivity contribution >= 4 is 33.4 Å². The minimum atomic E-state index is 0.0837. The Kier molecular flexibility index (Phi) is 6.55. The quantitative estimate of drug-likeness (QED) is 0.518. The van der Waals surface area contributed by atoms with Crippen molar-refractivity contribution in [1.82, 2.24) is 14.7 Å². The van der Waals surface area contributed by atoms with Crippen molar-refractivity contribution in [3.63, 3.8) is 0 Å². The van der Waals surface area contributed by atoms with Gasteiger partial charge in [0.2, 0.25) is 5.91 Å². The summed E-state index contributed by atoms with van der Waals surface area (Å²) in [6.07, 6.45) is 3.00. The third-order valence-electron chi connectivity index (χ3n) is 7.83. The van der Waals surface area contributed by atoms with Gasteiger partial charge < -0.3 is 9.80 Å². The first kappa shape index (κ1) is 22.9. The maximum atomic E-state index is 13.9. The van der Waals surface area contributed by atoms with Gasteiger partial charge in [-0.25, -0.2) is 0 Å². The summed E-state index contributed by atoms with van der Waals surface area (Å²) >= 11 is 0. The lowest BCUT2D eigenvalue weighted by molar-refractivity contribution is -0.137. The molecule has 2 fully saturated rings. The lowest BCUT2D eigenvalue weighted by Crippen LogP contribution is -2.49. The molecule has 2 saturated heterocycles. The molecule has 5 nitrogen and oxygen atoms in total. The summed E-state index contributed by atoms with van der Waals surface area (Å²) in [5.74, 6) is 0.506. The Morgan fingerprint density at radius 3 is 2.18 bits per heavy atom. The number of hydrogen-bond donors (Lipinski definition) is 0. The molecular weight excluding hydrogens is 422 g/mol. The van der Waals surface area contributed by atoms with Crippen molar-refractivity contribution in [2.75, 3.05) is 39.3 Å². The summed E-state index contributed by atoms with van der Waals surface area (Å²) in [6, 6.07) is 18.9. The number of carbonyl (C=O) groups excluding carboxylic acids is 2. The van der Waals surface area contributed by atoms with E-state index in [2.05, 4.69) is 49.1 Å². The first-order valence-electron chi connectivity index (χ1n) is 12.8. The molecule has 2 aliphatic rings.